The third-order valence-electron chi connectivity index (χ3n) is 1.19. The first-order valence-electron chi connectivity index (χ1n) is 3.83. The molecule has 0 spiro atoms. The molecule has 0 saturated heterocycles. The number of nitrogens with two attached hydrogens (primary N) is 2. The highest BCUT2D eigenvalue weighted by Crippen LogP contribution is 1.86. The molecular weight excluding hydrogens is 180 g/mol. The lowest BCUT2D eigenvalue weighted by Gasteiger charge is -1.82. The molecule has 0 bridgehead atoms. The smallest absolute Gasteiger partial charge is 0.219 e. The molecule has 0 amide bonds. The molecule has 0 saturated carbocycles. The average Bonchev–Trinajstić information content (AvgIpc) is 2.21. The minimum absolute atomic E-state index is 0.322. The van der Waals surface area contributed by atoms with Crippen LogP contribution in [-0.4, -0.2) is 19.9 Å². The van der Waals surface area contributed by atoms with Crippen LogP contribution in [0.2, 0.25) is 0 Å². The topological polar surface area (TPSA) is 104 Å². The minimum atomic E-state index is 0.322. The van der Waals surface area contributed by atoms with Gasteiger partial charge in [0.2, 0.25) is 5.95 Å². The van der Waals surface area contributed by atoms with Crippen molar-refractivity contribution in [2.75, 3.05) is 11.5 Å². The number of aromatic nitrogens is 4. The normalized spacial score (nSPS) is 8.57. The SMILES string of the molecule is Nc1ccncn1.Nc1ncccn1. The standard InChI is InChI=1S/2C4H5N3/c5-4-1-2-6-3-7-4;5-4-6-2-1-3-7-4/h2*1-3H,(H2,5,6,7). The van der Waals surface area contributed by atoms with E-state index in [1.807, 2.05) is 0 Å². The first kappa shape index (κ1) is 9.85. The van der Waals surface area contributed by atoms with Gasteiger partial charge in [0, 0.05) is 18.6 Å². The second-order valence-corrected chi connectivity index (χ2v) is 2.24. The van der Waals surface area contributed by atoms with Crippen molar-refractivity contribution >= 4 is 11.8 Å². The summed E-state index contributed by atoms with van der Waals surface area (Å²) < 4.78 is 0. The van der Waals surface area contributed by atoms with Crippen molar-refractivity contribution in [2.24, 2.45) is 0 Å². The van der Waals surface area contributed by atoms with Crippen LogP contribution in [0, 0.1) is 0 Å². The molecule has 0 aliphatic heterocycles. The van der Waals surface area contributed by atoms with Gasteiger partial charge in [-0.1, -0.05) is 0 Å². The van der Waals surface area contributed by atoms with Gasteiger partial charge in [-0.15, -0.1) is 0 Å². The highest BCUT2D eigenvalue weighted by atomic mass is 15.0. The van der Waals surface area contributed by atoms with Crippen LogP contribution in [0.1, 0.15) is 0 Å². The summed E-state index contributed by atoms with van der Waals surface area (Å²) >= 11 is 0. The van der Waals surface area contributed by atoms with Gasteiger partial charge in [0.15, 0.2) is 0 Å². The lowest BCUT2D eigenvalue weighted by Crippen LogP contribution is -1.90. The average molecular weight is 190 g/mol. The zero-order valence-corrected chi connectivity index (χ0v) is 7.41. The summed E-state index contributed by atoms with van der Waals surface area (Å²) in [7, 11) is 0. The minimum Gasteiger partial charge on any atom is -0.384 e. The van der Waals surface area contributed by atoms with Crippen LogP contribution in [0.15, 0.2) is 37.1 Å². The van der Waals surface area contributed by atoms with E-state index in [1.165, 1.54) is 6.33 Å². The fraction of sp³-hybridized carbons (Fsp3) is 0. The number of nitrogens with zero attached hydrogens (tertiary/aromatic N) is 4. The van der Waals surface area contributed by atoms with Crippen molar-refractivity contribution < 1.29 is 0 Å². The maximum absolute atomic E-state index is 5.21. The van der Waals surface area contributed by atoms with Crippen molar-refractivity contribution in [1.82, 2.24) is 19.9 Å². The molecule has 0 aromatic carbocycles. The third kappa shape index (κ3) is 3.96. The first-order chi connectivity index (χ1) is 6.79. The molecule has 2 aromatic heterocycles. The Bertz CT molecular complexity index is 311. The van der Waals surface area contributed by atoms with Crippen LogP contribution in [0.3, 0.4) is 0 Å². The number of hydrogen-bond acceptors (Lipinski definition) is 6. The largest absolute Gasteiger partial charge is 0.384 e. The number of nitrogen functional groups attached to an aromatic ring is 2. The Labute approximate surface area is 81.1 Å². The number of anilines is 2. The van der Waals surface area contributed by atoms with Gasteiger partial charge in [-0.05, 0) is 12.1 Å². The maximum atomic E-state index is 5.21. The second kappa shape index (κ2) is 5.41. The lowest BCUT2D eigenvalue weighted by molar-refractivity contribution is 1.18. The van der Waals surface area contributed by atoms with Crippen molar-refractivity contribution in [3.63, 3.8) is 0 Å². The van der Waals surface area contributed by atoms with Gasteiger partial charge in [0.05, 0.1) is 0 Å². The van der Waals surface area contributed by atoms with E-state index >= 15 is 0 Å². The molecule has 2 aromatic rings. The van der Waals surface area contributed by atoms with Gasteiger partial charge >= 0.3 is 0 Å². The molecule has 0 atom stereocenters. The Hall–Kier alpha value is -2.24. The predicted molar refractivity (Wildman–Crippen MR) is 52.9 cm³/mol. The zero-order valence-electron chi connectivity index (χ0n) is 7.41. The van der Waals surface area contributed by atoms with Crippen molar-refractivity contribution in [3.05, 3.63) is 37.1 Å². The first-order valence-corrected chi connectivity index (χ1v) is 3.83. The molecule has 0 aliphatic carbocycles. The molecular formula is C8H10N6. The number of rotatable bonds is 0. The van der Waals surface area contributed by atoms with Crippen LogP contribution >= 0.6 is 0 Å². The molecule has 2 heterocycles. The van der Waals surface area contributed by atoms with Crippen LogP contribution in [0.25, 0.3) is 0 Å². The molecule has 14 heavy (non-hydrogen) atoms. The Morgan fingerprint density at radius 2 is 1.64 bits per heavy atom. The molecule has 0 aliphatic rings. The second-order valence-electron chi connectivity index (χ2n) is 2.24. The van der Waals surface area contributed by atoms with Crippen molar-refractivity contribution in [2.45, 2.75) is 0 Å². The van der Waals surface area contributed by atoms with Crippen LogP contribution in [-0.2, 0) is 0 Å². The summed E-state index contributed by atoms with van der Waals surface area (Å²) in [5.41, 5.74) is 10.3. The van der Waals surface area contributed by atoms with Crippen LogP contribution < -0.4 is 11.5 Å². The van der Waals surface area contributed by atoms with E-state index in [9.17, 15) is 0 Å². The molecule has 72 valence electrons. The Morgan fingerprint density at radius 3 is 1.93 bits per heavy atom. The van der Waals surface area contributed by atoms with Crippen LogP contribution in [0.5, 0.6) is 0 Å². The summed E-state index contributed by atoms with van der Waals surface area (Å²) in [5, 5.41) is 0. The Kier molecular flexibility index (Phi) is 3.81. The fourth-order valence-corrected chi connectivity index (χ4v) is 0.612. The van der Waals surface area contributed by atoms with E-state index in [0.717, 1.165) is 0 Å². The maximum Gasteiger partial charge on any atom is 0.219 e. The van der Waals surface area contributed by atoms with Gasteiger partial charge in [0.1, 0.15) is 12.1 Å². The van der Waals surface area contributed by atoms with Crippen molar-refractivity contribution in [1.29, 1.82) is 0 Å². The molecule has 0 radical (unpaired) electrons. The molecule has 0 fully saturated rings. The molecule has 0 unspecified atom stereocenters. The van der Waals surface area contributed by atoms with E-state index in [2.05, 4.69) is 19.9 Å². The lowest BCUT2D eigenvalue weighted by atomic mass is 10.6. The van der Waals surface area contributed by atoms with E-state index in [0.29, 0.717) is 11.8 Å². The van der Waals surface area contributed by atoms with Gasteiger partial charge in [0.25, 0.3) is 0 Å². The highest BCUT2D eigenvalue weighted by molar-refractivity contribution is 5.22. The predicted octanol–water partition coefficient (Wildman–Crippen LogP) is 0.118. The molecule has 4 N–H and O–H groups in total. The van der Waals surface area contributed by atoms with Gasteiger partial charge in [-0.3, -0.25) is 0 Å². The Balaban J connectivity index is 0.000000140. The van der Waals surface area contributed by atoms with E-state index in [4.69, 9.17) is 11.5 Å². The summed E-state index contributed by atoms with van der Waals surface area (Å²) in [6.45, 7) is 0. The van der Waals surface area contributed by atoms with E-state index in [-0.39, 0.29) is 0 Å². The third-order valence-corrected chi connectivity index (χ3v) is 1.19. The molecule has 2 rings (SSSR count). The summed E-state index contributed by atoms with van der Waals surface area (Å²) in [4.78, 5) is 14.6. The Morgan fingerprint density at radius 1 is 0.929 bits per heavy atom. The summed E-state index contributed by atoms with van der Waals surface area (Å²) in [6.07, 6.45) is 6.21. The highest BCUT2D eigenvalue weighted by Gasteiger charge is 1.75. The monoisotopic (exact) mass is 190 g/mol. The summed E-state index contributed by atoms with van der Waals surface area (Å²) in [6, 6.07) is 3.36. The molecule has 6 heteroatoms. The van der Waals surface area contributed by atoms with Crippen LogP contribution in [0.4, 0.5) is 11.8 Å². The van der Waals surface area contributed by atoms with E-state index < -0.39 is 0 Å². The summed E-state index contributed by atoms with van der Waals surface area (Å²) in [5.74, 6) is 0.831. The van der Waals surface area contributed by atoms with Gasteiger partial charge in [-0.2, -0.15) is 0 Å². The quantitative estimate of drug-likeness (QED) is 0.611. The number of hydrogen-bond donors (Lipinski definition) is 2. The van der Waals surface area contributed by atoms with Crippen molar-refractivity contribution in [3.8, 4) is 0 Å². The van der Waals surface area contributed by atoms with Gasteiger partial charge in [-0.25, -0.2) is 19.9 Å². The molecule has 6 nitrogen and oxygen atoms in total. The fourth-order valence-electron chi connectivity index (χ4n) is 0.612. The van der Waals surface area contributed by atoms with Gasteiger partial charge < -0.3 is 11.5 Å². The zero-order chi connectivity index (χ0) is 10.2. The van der Waals surface area contributed by atoms with E-state index in [1.54, 1.807) is 30.7 Å².